The number of rotatable bonds is 8. The number of ketones is 1. The summed E-state index contributed by atoms with van der Waals surface area (Å²) in [6.45, 7) is 1.91. The van der Waals surface area contributed by atoms with Crippen LogP contribution in [0.3, 0.4) is 0 Å². The van der Waals surface area contributed by atoms with Crippen LogP contribution < -0.4 is 0 Å². The smallest absolute Gasteiger partial charge is 0.411 e. The third-order valence-electron chi connectivity index (χ3n) is 3.38. The van der Waals surface area contributed by atoms with Gasteiger partial charge in [-0.1, -0.05) is 37.6 Å². The molecule has 134 valence electrons. The minimum atomic E-state index is -6.39. The van der Waals surface area contributed by atoms with E-state index in [1.807, 2.05) is 6.92 Å². The quantitative estimate of drug-likeness (QED) is 0.561. The molecule has 0 unspecified atom stereocenters. The number of carboxylic acids is 1. The lowest BCUT2D eigenvalue weighted by molar-refractivity contribution is -0.285. The number of halogens is 6. The zero-order chi connectivity index (χ0) is 18.8. The van der Waals surface area contributed by atoms with E-state index in [4.69, 9.17) is 5.11 Å². The molecule has 1 rings (SSSR count). The number of carbonyl (C=O) groups excluding carboxylic acids is 1. The fourth-order valence-electron chi connectivity index (χ4n) is 1.86. The number of aryl methyl sites for hydroxylation is 1. The summed E-state index contributed by atoms with van der Waals surface area (Å²) in [6.07, 6.45) is 2.18. The molecule has 0 saturated carbocycles. The molecule has 0 bridgehead atoms. The first-order valence-electron chi connectivity index (χ1n) is 6.90. The van der Waals surface area contributed by atoms with E-state index >= 15 is 0 Å². The second kappa shape index (κ2) is 6.82. The fraction of sp³-hybridized carbons (Fsp3) is 0.467. The van der Waals surface area contributed by atoms with Crippen LogP contribution in [0.25, 0.3) is 0 Å². The van der Waals surface area contributed by atoms with Crippen molar-refractivity contribution >= 4 is 11.8 Å². The molecule has 1 aromatic carbocycles. The molecule has 0 aromatic heterocycles. The number of hydrogen-bond acceptors (Lipinski definition) is 2. The highest BCUT2D eigenvalue weighted by Gasteiger charge is 2.78. The van der Waals surface area contributed by atoms with Crippen LogP contribution in [0.1, 0.15) is 35.7 Å². The van der Waals surface area contributed by atoms with Crippen molar-refractivity contribution in [3.8, 4) is 0 Å². The lowest BCUT2D eigenvalue weighted by Crippen LogP contribution is -2.60. The van der Waals surface area contributed by atoms with Gasteiger partial charge in [0.2, 0.25) is 5.78 Å². The maximum atomic E-state index is 13.6. The zero-order valence-electron chi connectivity index (χ0n) is 12.5. The highest BCUT2D eigenvalue weighted by atomic mass is 19.3. The predicted molar refractivity (Wildman–Crippen MR) is 71.9 cm³/mol. The van der Waals surface area contributed by atoms with E-state index in [0.717, 1.165) is 25.0 Å². The Hall–Kier alpha value is -2.06. The maximum Gasteiger partial charge on any atom is 0.411 e. The Morgan fingerprint density at radius 2 is 1.46 bits per heavy atom. The summed E-state index contributed by atoms with van der Waals surface area (Å²) in [7, 11) is 0. The Labute approximate surface area is 133 Å². The number of aliphatic carboxylic acids is 1. The van der Waals surface area contributed by atoms with E-state index in [9.17, 15) is 35.9 Å². The Bertz CT molecular complexity index is 610. The molecule has 0 saturated heterocycles. The molecule has 0 aliphatic rings. The zero-order valence-corrected chi connectivity index (χ0v) is 12.5. The molecule has 0 radical (unpaired) electrons. The van der Waals surface area contributed by atoms with Crippen molar-refractivity contribution in [3.63, 3.8) is 0 Å². The molecule has 24 heavy (non-hydrogen) atoms. The lowest BCUT2D eigenvalue weighted by atomic mass is 9.95. The first-order chi connectivity index (χ1) is 10.9. The molecule has 3 nitrogen and oxygen atoms in total. The van der Waals surface area contributed by atoms with Crippen LogP contribution in [-0.2, 0) is 11.2 Å². The number of alkyl halides is 6. The van der Waals surface area contributed by atoms with Gasteiger partial charge in [-0.15, -0.1) is 0 Å². The first kappa shape index (κ1) is 20.0. The largest absolute Gasteiger partial charge is 0.477 e. The van der Waals surface area contributed by atoms with Gasteiger partial charge in [0, 0.05) is 5.56 Å². The molecule has 9 heteroatoms. The van der Waals surface area contributed by atoms with Crippen molar-refractivity contribution in [1.29, 1.82) is 0 Å². The summed E-state index contributed by atoms with van der Waals surface area (Å²) < 4.78 is 79.6. The van der Waals surface area contributed by atoms with Crippen LogP contribution in [0, 0.1) is 0 Å². The van der Waals surface area contributed by atoms with Gasteiger partial charge in [-0.25, -0.2) is 4.79 Å². The van der Waals surface area contributed by atoms with Crippen molar-refractivity contribution in [2.24, 2.45) is 0 Å². The van der Waals surface area contributed by atoms with E-state index in [0.29, 0.717) is 12.0 Å². The number of Topliss-reactive ketones (excluding diaryl/α,β-unsaturated/α-hetero) is 1. The number of hydrogen-bond donors (Lipinski definition) is 1. The minimum absolute atomic E-state index is 0.564. The Morgan fingerprint density at radius 1 is 0.958 bits per heavy atom. The fourth-order valence-corrected chi connectivity index (χ4v) is 1.86. The van der Waals surface area contributed by atoms with Gasteiger partial charge in [0.05, 0.1) is 0 Å². The SMILES string of the molecule is CCCCc1ccc(C(=O)C(F)(F)C(F)(F)C(F)(F)C(=O)O)cc1. The number of benzene rings is 1. The van der Waals surface area contributed by atoms with Gasteiger partial charge in [0.15, 0.2) is 0 Å². The Balaban J connectivity index is 3.14. The van der Waals surface area contributed by atoms with E-state index < -0.39 is 35.1 Å². The van der Waals surface area contributed by atoms with E-state index in [1.54, 1.807) is 0 Å². The van der Waals surface area contributed by atoms with Crippen LogP contribution in [-0.4, -0.2) is 34.6 Å². The van der Waals surface area contributed by atoms with Crippen LogP contribution in [0.15, 0.2) is 24.3 Å². The van der Waals surface area contributed by atoms with Gasteiger partial charge in [-0.05, 0) is 18.4 Å². The Morgan fingerprint density at radius 3 is 1.88 bits per heavy atom. The van der Waals surface area contributed by atoms with Gasteiger partial charge in [-0.3, -0.25) is 4.79 Å². The predicted octanol–water partition coefficient (Wildman–Crippen LogP) is 4.20. The standard InChI is InChI=1S/C15H14F6O3/c1-2-3-4-9-5-7-10(8-6-9)11(22)13(16,17)15(20,21)14(18,19)12(23)24/h5-8H,2-4H2,1H3,(H,23,24). The molecule has 0 heterocycles. The second-order valence-electron chi connectivity index (χ2n) is 5.16. The molecule has 0 atom stereocenters. The number of unbranched alkanes of at least 4 members (excludes halogenated alkanes) is 1. The number of carbonyl (C=O) groups is 2. The summed E-state index contributed by atoms with van der Waals surface area (Å²) in [5, 5.41) is 8.04. The van der Waals surface area contributed by atoms with Crippen molar-refractivity contribution in [2.45, 2.75) is 44.0 Å². The lowest BCUT2D eigenvalue weighted by Gasteiger charge is -2.29. The van der Waals surface area contributed by atoms with Gasteiger partial charge in [0.1, 0.15) is 0 Å². The maximum absolute atomic E-state index is 13.6. The summed E-state index contributed by atoms with van der Waals surface area (Å²) in [5.41, 5.74) is -0.263. The topological polar surface area (TPSA) is 54.4 Å². The van der Waals surface area contributed by atoms with E-state index in [2.05, 4.69) is 0 Å². The number of carboxylic acid groups (broad SMARTS) is 1. The molecule has 0 aliphatic heterocycles. The molecule has 0 amide bonds. The van der Waals surface area contributed by atoms with Crippen molar-refractivity contribution in [3.05, 3.63) is 35.4 Å². The van der Waals surface area contributed by atoms with Gasteiger partial charge < -0.3 is 5.11 Å². The molecule has 1 aromatic rings. The summed E-state index contributed by atoms with van der Waals surface area (Å²) in [5.74, 6) is -24.4. The molecule has 0 aliphatic carbocycles. The minimum Gasteiger partial charge on any atom is -0.477 e. The molecule has 1 N–H and O–H groups in total. The normalized spacial score (nSPS) is 13.0. The monoisotopic (exact) mass is 356 g/mol. The van der Waals surface area contributed by atoms with E-state index in [-0.39, 0.29) is 0 Å². The van der Waals surface area contributed by atoms with Crippen LogP contribution in [0.5, 0.6) is 0 Å². The molecule has 0 spiro atoms. The third kappa shape index (κ3) is 3.39. The highest BCUT2D eigenvalue weighted by Crippen LogP contribution is 2.47. The van der Waals surface area contributed by atoms with Crippen molar-refractivity contribution in [2.75, 3.05) is 0 Å². The summed E-state index contributed by atoms with van der Waals surface area (Å²) in [6, 6.07) is 4.12. The first-order valence-corrected chi connectivity index (χ1v) is 6.90. The van der Waals surface area contributed by atoms with Crippen LogP contribution in [0.4, 0.5) is 26.3 Å². The average molecular weight is 356 g/mol. The summed E-state index contributed by atoms with van der Waals surface area (Å²) >= 11 is 0. The van der Waals surface area contributed by atoms with Crippen molar-refractivity contribution in [1.82, 2.24) is 0 Å². The third-order valence-corrected chi connectivity index (χ3v) is 3.38. The van der Waals surface area contributed by atoms with Crippen molar-refractivity contribution < 1.29 is 41.0 Å². The highest BCUT2D eigenvalue weighted by molar-refractivity contribution is 6.02. The molecular weight excluding hydrogens is 342 g/mol. The molecule has 0 fully saturated rings. The Kier molecular flexibility index (Phi) is 5.68. The van der Waals surface area contributed by atoms with Gasteiger partial charge in [0.25, 0.3) is 0 Å². The van der Waals surface area contributed by atoms with Crippen LogP contribution >= 0.6 is 0 Å². The average Bonchev–Trinajstić information content (AvgIpc) is 2.52. The van der Waals surface area contributed by atoms with Crippen LogP contribution in [0.2, 0.25) is 0 Å². The summed E-state index contributed by atoms with van der Waals surface area (Å²) in [4.78, 5) is 21.7. The van der Waals surface area contributed by atoms with Gasteiger partial charge >= 0.3 is 23.7 Å². The van der Waals surface area contributed by atoms with E-state index in [1.165, 1.54) is 12.1 Å². The van der Waals surface area contributed by atoms with Gasteiger partial charge in [-0.2, -0.15) is 26.3 Å². The second-order valence-corrected chi connectivity index (χ2v) is 5.16. The molecular formula is C15H14F6O3.